The monoisotopic (exact) mass is 505 g/mol. The van der Waals surface area contributed by atoms with E-state index in [0.717, 1.165) is 30.8 Å². The van der Waals surface area contributed by atoms with Crippen molar-refractivity contribution in [2.45, 2.75) is 26.3 Å². The molecule has 6 nitrogen and oxygen atoms in total. The minimum atomic E-state index is -0.890. The maximum atomic E-state index is 14.3. The standard InChI is InChI=1S/C25H26Cl2FN3O3/c1-3-8-31(9-10-34-2)15-18-5-4-16(13-29-18)11-22(32)21-12-17(14-30-21)25(33)23-19(26)6-7-20(27)24(23)28/h4-7,12-14,30H,3,8-11,15H2,1-2H3. The summed E-state index contributed by atoms with van der Waals surface area (Å²) in [4.78, 5) is 35.0. The number of methoxy groups -OCH3 is 1. The van der Waals surface area contributed by atoms with E-state index >= 15 is 0 Å². The molecule has 0 saturated carbocycles. The molecule has 0 fully saturated rings. The van der Waals surface area contributed by atoms with Gasteiger partial charge in [-0.2, -0.15) is 0 Å². The second-order valence-corrected chi connectivity index (χ2v) is 8.69. The number of carbonyl (C=O) groups excluding carboxylic acids is 2. The highest BCUT2D eigenvalue weighted by molar-refractivity contribution is 6.37. The van der Waals surface area contributed by atoms with Crippen LogP contribution in [-0.2, 0) is 17.7 Å². The SMILES string of the molecule is CCCN(CCOC)Cc1ccc(CC(=O)c2cc(C(=O)c3c(Cl)ccc(Cl)c3F)c[nH]2)cn1. The first-order chi connectivity index (χ1) is 16.3. The highest BCUT2D eigenvalue weighted by Gasteiger charge is 2.22. The van der Waals surface area contributed by atoms with Gasteiger partial charge in [0.15, 0.2) is 17.4 Å². The molecule has 34 heavy (non-hydrogen) atoms. The zero-order valence-electron chi connectivity index (χ0n) is 19.0. The zero-order chi connectivity index (χ0) is 24.7. The highest BCUT2D eigenvalue weighted by Crippen LogP contribution is 2.28. The van der Waals surface area contributed by atoms with Crippen molar-refractivity contribution in [2.24, 2.45) is 0 Å². The minimum Gasteiger partial charge on any atom is -0.383 e. The molecule has 0 aliphatic carbocycles. The third-order valence-electron chi connectivity index (χ3n) is 5.30. The minimum absolute atomic E-state index is 0.0492. The summed E-state index contributed by atoms with van der Waals surface area (Å²) >= 11 is 11.8. The van der Waals surface area contributed by atoms with Crippen LogP contribution in [0.4, 0.5) is 4.39 Å². The van der Waals surface area contributed by atoms with Crippen LogP contribution >= 0.6 is 23.2 Å². The summed E-state index contributed by atoms with van der Waals surface area (Å²) in [5, 5.41) is -0.251. The number of nitrogens with one attached hydrogen (secondary N) is 1. The van der Waals surface area contributed by atoms with Crippen LogP contribution in [0.15, 0.2) is 42.7 Å². The summed E-state index contributed by atoms with van der Waals surface area (Å²) in [6.07, 6.45) is 4.18. The summed E-state index contributed by atoms with van der Waals surface area (Å²) in [6.45, 7) is 5.26. The number of nitrogens with zero attached hydrogens (tertiary/aromatic N) is 2. The summed E-state index contributed by atoms with van der Waals surface area (Å²) < 4.78 is 19.5. The van der Waals surface area contributed by atoms with Crippen LogP contribution in [0.2, 0.25) is 10.0 Å². The molecule has 0 unspecified atom stereocenters. The van der Waals surface area contributed by atoms with Gasteiger partial charge in [-0.3, -0.25) is 19.5 Å². The smallest absolute Gasteiger partial charge is 0.199 e. The fourth-order valence-electron chi connectivity index (χ4n) is 3.54. The third-order valence-corrected chi connectivity index (χ3v) is 5.91. The molecule has 0 spiro atoms. The normalized spacial score (nSPS) is 11.2. The molecular formula is C25H26Cl2FN3O3. The highest BCUT2D eigenvalue weighted by atomic mass is 35.5. The number of aromatic nitrogens is 2. The van der Waals surface area contributed by atoms with Gasteiger partial charge in [0.1, 0.15) is 0 Å². The van der Waals surface area contributed by atoms with Gasteiger partial charge in [-0.15, -0.1) is 0 Å². The van der Waals surface area contributed by atoms with Gasteiger partial charge in [0.25, 0.3) is 0 Å². The Kier molecular flexibility index (Phi) is 9.36. The van der Waals surface area contributed by atoms with Crippen LogP contribution in [0, 0.1) is 5.82 Å². The molecule has 0 aliphatic heterocycles. The lowest BCUT2D eigenvalue weighted by molar-refractivity contribution is 0.0988. The molecule has 0 atom stereocenters. The Morgan fingerprint density at radius 3 is 2.59 bits per heavy atom. The molecule has 1 N–H and O–H groups in total. The predicted molar refractivity (Wildman–Crippen MR) is 130 cm³/mol. The Morgan fingerprint density at radius 1 is 1.15 bits per heavy atom. The van der Waals surface area contributed by atoms with Crippen molar-refractivity contribution in [1.29, 1.82) is 0 Å². The Morgan fingerprint density at radius 2 is 1.91 bits per heavy atom. The molecule has 3 aromatic rings. The molecule has 0 radical (unpaired) electrons. The molecule has 2 heterocycles. The summed E-state index contributed by atoms with van der Waals surface area (Å²) in [5.74, 6) is -1.77. The number of rotatable bonds is 12. The first-order valence-electron chi connectivity index (χ1n) is 10.9. The number of pyridine rings is 1. The molecular weight excluding hydrogens is 480 g/mol. The van der Waals surface area contributed by atoms with E-state index in [9.17, 15) is 14.0 Å². The Labute approximate surface area is 208 Å². The second kappa shape index (κ2) is 12.2. The Balaban J connectivity index is 1.66. The molecule has 3 rings (SSSR count). The largest absolute Gasteiger partial charge is 0.383 e. The molecule has 0 saturated heterocycles. The number of hydrogen-bond acceptors (Lipinski definition) is 5. The van der Waals surface area contributed by atoms with E-state index < -0.39 is 11.6 Å². The van der Waals surface area contributed by atoms with Crippen molar-refractivity contribution in [3.63, 3.8) is 0 Å². The van der Waals surface area contributed by atoms with E-state index in [2.05, 4.69) is 21.8 Å². The van der Waals surface area contributed by atoms with Gasteiger partial charge in [-0.25, -0.2) is 4.39 Å². The average molecular weight is 506 g/mol. The van der Waals surface area contributed by atoms with Gasteiger partial charge in [0, 0.05) is 44.6 Å². The average Bonchev–Trinajstić information content (AvgIpc) is 3.32. The number of hydrogen-bond donors (Lipinski definition) is 1. The molecule has 9 heteroatoms. The van der Waals surface area contributed by atoms with Gasteiger partial charge in [0.2, 0.25) is 0 Å². The number of halogens is 3. The summed E-state index contributed by atoms with van der Waals surface area (Å²) in [5.41, 5.74) is 1.69. The zero-order valence-corrected chi connectivity index (χ0v) is 20.5. The van der Waals surface area contributed by atoms with Crippen molar-refractivity contribution in [3.05, 3.63) is 86.7 Å². The second-order valence-electron chi connectivity index (χ2n) is 7.88. The first-order valence-corrected chi connectivity index (χ1v) is 11.6. The lowest BCUT2D eigenvalue weighted by Crippen LogP contribution is -2.28. The van der Waals surface area contributed by atoms with E-state index in [1.54, 1.807) is 13.3 Å². The first kappa shape index (κ1) is 26.0. The number of carbonyl (C=O) groups is 2. The lowest BCUT2D eigenvalue weighted by Gasteiger charge is -2.20. The van der Waals surface area contributed by atoms with Crippen LogP contribution < -0.4 is 0 Å². The maximum Gasteiger partial charge on any atom is 0.199 e. The number of ketones is 2. The van der Waals surface area contributed by atoms with Gasteiger partial charge < -0.3 is 9.72 Å². The fourth-order valence-corrected chi connectivity index (χ4v) is 3.92. The number of benzene rings is 1. The van der Waals surface area contributed by atoms with Crippen LogP contribution in [0.3, 0.4) is 0 Å². The lowest BCUT2D eigenvalue weighted by atomic mass is 10.0. The predicted octanol–water partition coefficient (Wildman–Crippen LogP) is 5.37. The van der Waals surface area contributed by atoms with Crippen LogP contribution in [0.5, 0.6) is 0 Å². The molecule has 2 aromatic heterocycles. The van der Waals surface area contributed by atoms with Crippen molar-refractivity contribution in [1.82, 2.24) is 14.9 Å². The van der Waals surface area contributed by atoms with E-state index in [-0.39, 0.29) is 39.1 Å². The number of aromatic amines is 1. The van der Waals surface area contributed by atoms with Crippen molar-refractivity contribution >= 4 is 34.8 Å². The maximum absolute atomic E-state index is 14.3. The van der Waals surface area contributed by atoms with E-state index in [0.29, 0.717) is 13.2 Å². The van der Waals surface area contributed by atoms with Crippen LogP contribution in [-0.4, -0.2) is 53.2 Å². The molecule has 0 bridgehead atoms. The van der Waals surface area contributed by atoms with Gasteiger partial charge in [-0.1, -0.05) is 36.2 Å². The van der Waals surface area contributed by atoms with Crippen molar-refractivity contribution in [3.8, 4) is 0 Å². The molecule has 0 aliphatic rings. The molecule has 1 aromatic carbocycles. The number of ether oxygens (including phenoxy) is 1. The van der Waals surface area contributed by atoms with Crippen LogP contribution in [0.1, 0.15) is 51.0 Å². The Bertz CT molecular complexity index is 1150. The fraction of sp³-hybridized carbons (Fsp3) is 0.320. The summed E-state index contributed by atoms with van der Waals surface area (Å²) in [7, 11) is 1.68. The quantitative estimate of drug-likeness (QED) is 0.264. The van der Waals surface area contributed by atoms with Crippen molar-refractivity contribution < 1.29 is 18.7 Å². The summed E-state index contributed by atoms with van der Waals surface area (Å²) in [6, 6.07) is 7.81. The number of H-pyrrole nitrogens is 1. The number of Topliss-reactive ketones (excluding diaryl/α,β-unsaturated/α-hetero) is 1. The van der Waals surface area contributed by atoms with E-state index in [4.69, 9.17) is 27.9 Å². The Hall–Kier alpha value is -2.58. The molecule has 0 amide bonds. The van der Waals surface area contributed by atoms with Gasteiger partial charge >= 0.3 is 0 Å². The van der Waals surface area contributed by atoms with E-state index in [1.165, 1.54) is 24.4 Å². The van der Waals surface area contributed by atoms with Crippen LogP contribution in [0.25, 0.3) is 0 Å². The topological polar surface area (TPSA) is 75.3 Å². The van der Waals surface area contributed by atoms with Crippen molar-refractivity contribution in [2.75, 3.05) is 26.8 Å². The third kappa shape index (κ3) is 6.51. The van der Waals surface area contributed by atoms with Gasteiger partial charge in [-0.05, 0) is 42.8 Å². The van der Waals surface area contributed by atoms with E-state index in [1.807, 2.05) is 12.1 Å². The molecule has 180 valence electrons. The van der Waals surface area contributed by atoms with Gasteiger partial charge in [0.05, 0.1) is 33.6 Å².